The Hall–Kier alpha value is -2.12. The van der Waals surface area contributed by atoms with E-state index in [1.165, 1.54) is 16.6 Å². The molecule has 0 fully saturated rings. The van der Waals surface area contributed by atoms with Crippen molar-refractivity contribution in [2.24, 2.45) is 0 Å². The number of carbonyl (C=O) groups excluding carboxylic acids is 1. The van der Waals surface area contributed by atoms with E-state index in [1.54, 1.807) is 22.8 Å². The van der Waals surface area contributed by atoms with Crippen LogP contribution in [-0.4, -0.2) is 27.9 Å². The average Bonchev–Trinajstić information content (AvgIpc) is 3.21. The summed E-state index contributed by atoms with van der Waals surface area (Å²) in [6.07, 6.45) is 3.06. The van der Waals surface area contributed by atoms with Gasteiger partial charge in [0.05, 0.1) is 23.4 Å². The van der Waals surface area contributed by atoms with Crippen LogP contribution >= 0.6 is 23.1 Å². The molecule has 134 valence electrons. The van der Waals surface area contributed by atoms with Gasteiger partial charge in [-0.25, -0.2) is 4.98 Å². The average molecular weight is 386 g/mol. The Morgan fingerprint density at radius 3 is 2.88 bits per heavy atom. The zero-order valence-corrected chi connectivity index (χ0v) is 16.0. The van der Waals surface area contributed by atoms with Crippen LogP contribution in [0.5, 0.6) is 0 Å². The maximum Gasteiger partial charge on any atom is 0.316 e. The zero-order valence-electron chi connectivity index (χ0n) is 14.4. The first kappa shape index (κ1) is 17.3. The first-order chi connectivity index (χ1) is 12.7. The lowest BCUT2D eigenvalue weighted by Gasteiger charge is -2.12. The minimum atomic E-state index is -0.305. The summed E-state index contributed by atoms with van der Waals surface area (Å²) in [6.45, 7) is 2.12. The molecule has 1 aromatic carbocycles. The topological polar surface area (TPSA) is 61.2 Å². The number of aryl methyl sites for hydroxylation is 2. The van der Waals surface area contributed by atoms with Gasteiger partial charge >= 0.3 is 5.97 Å². The van der Waals surface area contributed by atoms with Gasteiger partial charge in [0.2, 0.25) is 0 Å². The number of benzene rings is 1. The minimum absolute atomic E-state index is 0.0491. The molecular formula is C19H18N2O3S2. The van der Waals surface area contributed by atoms with Gasteiger partial charge in [0.25, 0.3) is 5.56 Å². The van der Waals surface area contributed by atoms with Crippen molar-refractivity contribution in [2.45, 2.75) is 31.3 Å². The molecule has 0 radical (unpaired) electrons. The normalized spacial score (nSPS) is 13.1. The van der Waals surface area contributed by atoms with Gasteiger partial charge in [0.15, 0.2) is 5.16 Å². The van der Waals surface area contributed by atoms with Crippen LogP contribution in [0.1, 0.15) is 23.8 Å². The van der Waals surface area contributed by atoms with Crippen molar-refractivity contribution in [3.63, 3.8) is 0 Å². The monoisotopic (exact) mass is 386 g/mol. The van der Waals surface area contributed by atoms with E-state index < -0.39 is 0 Å². The summed E-state index contributed by atoms with van der Waals surface area (Å²) in [5, 5.41) is 1.27. The standard InChI is InChI=1S/C19H18N2O3S2/c1-2-24-15(22)11-25-19-20-17-16(13-9-6-10-14(13)26-17)18(23)21(19)12-7-4-3-5-8-12/h3-5,7-8H,2,6,9-11H2,1H3. The van der Waals surface area contributed by atoms with Crippen LogP contribution in [0, 0.1) is 0 Å². The van der Waals surface area contributed by atoms with Crippen LogP contribution in [-0.2, 0) is 22.4 Å². The Morgan fingerprint density at radius 2 is 2.12 bits per heavy atom. The van der Waals surface area contributed by atoms with Gasteiger partial charge in [0, 0.05) is 4.88 Å². The highest BCUT2D eigenvalue weighted by molar-refractivity contribution is 7.99. The van der Waals surface area contributed by atoms with E-state index in [-0.39, 0.29) is 17.3 Å². The first-order valence-electron chi connectivity index (χ1n) is 8.60. The quantitative estimate of drug-likeness (QED) is 0.381. The third kappa shape index (κ3) is 3.05. The molecule has 3 aromatic rings. The molecular weight excluding hydrogens is 368 g/mol. The fraction of sp³-hybridized carbons (Fsp3) is 0.316. The SMILES string of the molecule is CCOC(=O)CSc1nc2sc3c(c2c(=O)n1-c1ccccc1)CCC3. The van der Waals surface area contributed by atoms with Gasteiger partial charge in [-0.2, -0.15) is 0 Å². The molecule has 0 unspecified atom stereocenters. The molecule has 0 saturated heterocycles. The van der Waals surface area contributed by atoms with E-state index in [9.17, 15) is 9.59 Å². The summed E-state index contributed by atoms with van der Waals surface area (Å²) < 4.78 is 6.63. The van der Waals surface area contributed by atoms with Gasteiger partial charge in [-0.1, -0.05) is 30.0 Å². The number of rotatable bonds is 5. The molecule has 7 heteroatoms. The fourth-order valence-electron chi connectivity index (χ4n) is 3.25. The van der Waals surface area contributed by atoms with E-state index in [1.807, 2.05) is 30.3 Å². The van der Waals surface area contributed by atoms with Crippen molar-refractivity contribution < 1.29 is 9.53 Å². The summed E-state index contributed by atoms with van der Waals surface area (Å²) in [5.74, 6) is -0.177. The summed E-state index contributed by atoms with van der Waals surface area (Å²) in [6, 6.07) is 9.47. The van der Waals surface area contributed by atoms with Gasteiger partial charge < -0.3 is 4.74 Å². The summed E-state index contributed by atoms with van der Waals surface area (Å²) >= 11 is 2.85. The molecule has 0 aliphatic heterocycles. The Morgan fingerprint density at radius 1 is 1.31 bits per heavy atom. The molecule has 2 heterocycles. The van der Waals surface area contributed by atoms with Crippen molar-refractivity contribution in [1.29, 1.82) is 0 Å². The van der Waals surface area contributed by atoms with Crippen molar-refractivity contribution >= 4 is 39.3 Å². The first-order valence-corrected chi connectivity index (χ1v) is 10.4. The molecule has 0 spiro atoms. The van der Waals surface area contributed by atoms with Crippen LogP contribution in [0.4, 0.5) is 0 Å². The van der Waals surface area contributed by atoms with Crippen molar-refractivity contribution in [3.8, 4) is 5.69 Å². The van der Waals surface area contributed by atoms with Crippen molar-refractivity contribution in [2.75, 3.05) is 12.4 Å². The number of carbonyl (C=O) groups is 1. The predicted octanol–water partition coefficient (Wildman–Crippen LogP) is 3.59. The number of nitrogens with zero attached hydrogens (tertiary/aromatic N) is 2. The second-order valence-corrected chi connectivity index (χ2v) is 8.03. The van der Waals surface area contributed by atoms with E-state index >= 15 is 0 Å². The van der Waals surface area contributed by atoms with E-state index in [0.29, 0.717) is 11.8 Å². The fourth-order valence-corrected chi connectivity index (χ4v) is 5.37. The van der Waals surface area contributed by atoms with Gasteiger partial charge in [-0.15, -0.1) is 11.3 Å². The number of para-hydroxylation sites is 1. The molecule has 2 aromatic heterocycles. The van der Waals surface area contributed by atoms with Crippen LogP contribution < -0.4 is 5.56 Å². The predicted molar refractivity (Wildman–Crippen MR) is 105 cm³/mol. The summed E-state index contributed by atoms with van der Waals surface area (Å²) in [4.78, 5) is 31.9. The highest BCUT2D eigenvalue weighted by Gasteiger charge is 2.24. The Labute approximate surface area is 159 Å². The maximum atomic E-state index is 13.3. The number of ether oxygens (including phenoxy) is 1. The number of esters is 1. The van der Waals surface area contributed by atoms with Crippen LogP contribution in [0.2, 0.25) is 0 Å². The number of hydrogen-bond acceptors (Lipinski definition) is 6. The lowest BCUT2D eigenvalue weighted by atomic mass is 10.2. The van der Waals surface area contributed by atoms with Crippen molar-refractivity contribution in [3.05, 3.63) is 51.1 Å². The summed E-state index contributed by atoms with van der Waals surface area (Å²) in [7, 11) is 0. The number of hydrogen-bond donors (Lipinski definition) is 0. The van der Waals surface area contributed by atoms with Gasteiger partial charge in [-0.3, -0.25) is 14.2 Å². The Balaban J connectivity index is 1.86. The van der Waals surface area contributed by atoms with E-state index in [0.717, 1.165) is 40.7 Å². The molecule has 0 amide bonds. The molecule has 1 aliphatic rings. The van der Waals surface area contributed by atoms with Crippen LogP contribution in [0.25, 0.3) is 15.9 Å². The highest BCUT2D eigenvalue weighted by atomic mass is 32.2. The number of thioether (sulfide) groups is 1. The Kier molecular flexibility index (Phi) is 4.82. The molecule has 1 aliphatic carbocycles. The lowest BCUT2D eigenvalue weighted by molar-refractivity contribution is -0.139. The van der Waals surface area contributed by atoms with E-state index in [4.69, 9.17) is 9.72 Å². The Bertz CT molecular complexity index is 1020. The molecule has 5 nitrogen and oxygen atoms in total. The lowest BCUT2D eigenvalue weighted by Crippen LogP contribution is -2.22. The third-order valence-electron chi connectivity index (χ3n) is 4.35. The van der Waals surface area contributed by atoms with E-state index in [2.05, 4.69) is 0 Å². The summed E-state index contributed by atoms with van der Waals surface area (Å²) in [5.41, 5.74) is 1.87. The molecule has 26 heavy (non-hydrogen) atoms. The number of fused-ring (bicyclic) bond motifs is 3. The van der Waals surface area contributed by atoms with Gasteiger partial charge in [0.1, 0.15) is 4.83 Å². The van der Waals surface area contributed by atoms with Crippen molar-refractivity contribution in [1.82, 2.24) is 9.55 Å². The van der Waals surface area contributed by atoms with Gasteiger partial charge in [-0.05, 0) is 43.9 Å². The maximum absolute atomic E-state index is 13.3. The minimum Gasteiger partial charge on any atom is -0.465 e. The molecule has 0 atom stereocenters. The zero-order chi connectivity index (χ0) is 18.1. The largest absolute Gasteiger partial charge is 0.465 e. The second kappa shape index (κ2) is 7.25. The second-order valence-electron chi connectivity index (χ2n) is 6.00. The smallest absolute Gasteiger partial charge is 0.316 e. The number of aromatic nitrogens is 2. The third-order valence-corrected chi connectivity index (χ3v) is 6.44. The highest BCUT2D eigenvalue weighted by Crippen LogP contribution is 2.36. The molecule has 0 N–H and O–H groups in total. The molecule has 0 bridgehead atoms. The number of thiophene rings is 1. The molecule has 0 saturated carbocycles. The van der Waals surface area contributed by atoms with Crippen LogP contribution in [0.3, 0.4) is 0 Å². The molecule has 4 rings (SSSR count). The van der Waals surface area contributed by atoms with Crippen LogP contribution in [0.15, 0.2) is 40.3 Å².